The van der Waals surface area contributed by atoms with Gasteiger partial charge in [0.2, 0.25) is 5.91 Å². The molecule has 32 heavy (non-hydrogen) atoms. The lowest BCUT2D eigenvalue weighted by Crippen LogP contribution is -2.29. The smallest absolute Gasteiger partial charge is 0.262 e. The molecule has 1 heterocycles. The minimum absolute atomic E-state index is 0.0606. The van der Waals surface area contributed by atoms with Crippen LogP contribution in [-0.2, 0) is 17.9 Å². The number of halogens is 1. The van der Waals surface area contributed by atoms with Gasteiger partial charge in [0.1, 0.15) is 5.82 Å². The van der Waals surface area contributed by atoms with Crippen molar-refractivity contribution in [1.29, 1.82) is 0 Å². The summed E-state index contributed by atoms with van der Waals surface area (Å²) in [5.41, 5.74) is 2.22. The second-order valence-electron chi connectivity index (χ2n) is 7.45. The summed E-state index contributed by atoms with van der Waals surface area (Å²) < 4.78 is 14.9. The van der Waals surface area contributed by atoms with Crippen LogP contribution in [0.2, 0.25) is 0 Å². The Morgan fingerprint density at radius 3 is 2.41 bits per heavy atom. The van der Waals surface area contributed by atoms with Crippen LogP contribution in [0.3, 0.4) is 0 Å². The summed E-state index contributed by atoms with van der Waals surface area (Å²) in [5.74, 6) is -0.244. The molecule has 1 amide bonds. The predicted octanol–water partition coefficient (Wildman–Crippen LogP) is 4.33. The van der Waals surface area contributed by atoms with Gasteiger partial charge in [-0.3, -0.25) is 14.2 Å². The van der Waals surface area contributed by atoms with E-state index in [1.165, 1.54) is 23.9 Å². The number of benzene rings is 3. The van der Waals surface area contributed by atoms with Crippen molar-refractivity contribution >= 4 is 28.6 Å². The second kappa shape index (κ2) is 9.78. The van der Waals surface area contributed by atoms with Crippen molar-refractivity contribution in [3.8, 4) is 0 Å². The van der Waals surface area contributed by atoms with Crippen LogP contribution in [0.1, 0.15) is 11.1 Å². The molecule has 0 spiro atoms. The average molecular weight is 448 g/mol. The van der Waals surface area contributed by atoms with Crippen LogP contribution in [0.5, 0.6) is 0 Å². The second-order valence-corrected chi connectivity index (χ2v) is 8.40. The molecule has 0 saturated heterocycles. The fourth-order valence-electron chi connectivity index (χ4n) is 3.35. The molecule has 7 heteroatoms. The third kappa shape index (κ3) is 5.06. The fourth-order valence-corrected chi connectivity index (χ4v) is 4.29. The Morgan fingerprint density at radius 1 is 0.969 bits per heavy atom. The highest BCUT2D eigenvalue weighted by Gasteiger charge is 2.16. The van der Waals surface area contributed by atoms with E-state index >= 15 is 0 Å². The molecule has 0 bridgehead atoms. The summed E-state index contributed by atoms with van der Waals surface area (Å²) >= 11 is 1.23. The van der Waals surface area contributed by atoms with Crippen molar-refractivity contribution in [2.75, 3.05) is 12.8 Å². The summed E-state index contributed by atoms with van der Waals surface area (Å²) in [4.78, 5) is 32.2. The zero-order chi connectivity index (χ0) is 22.5. The number of carbonyl (C=O) groups is 1. The van der Waals surface area contributed by atoms with Gasteiger partial charge in [0.15, 0.2) is 5.16 Å². The van der Waals surface area contributed by atoms with Crippen LogP contribution < -0.4 is 5.56 Å². The number of thioether (sulfide) groups is 1. The van der Waals surface area contributed by atoms with Crippen molar-refractivity contribution < 1.29 is 9.18 Å². The van der Waals surface area contributed by atoms with Crippen molar-refractivity contribution in [3.05, 3.63) is 106 Å². The number of carbonyl (C=O) groups excluding carboxylic acids is 1. The first kappa shape index (κ1) is 21.8. The lowest BCUT2D eigenvalue weighted by atomic mass is 10.2. The maximum absolute atomic E-state index is 13.3. The Morgan fingerprint density at radius 2 is 1.66 bits per heavy atom. The molecule has 0 saturated carbocycles. The molecule has 0 aliphatic heterocycles. The van der Waals surface area contributed by atoms with Gasteiger partial charge in [-0.15, -0.1) is 0 Å². The minimum atomic E-state index is -0.334. The van der Waals surface area contributed by atoms with Crippen LogP contribution in [0.4, 0.5) is 4.39 Å². The minimum Gasteiger partial charge on any atom is -0.341 e. The van der Waals surface area contributed by atoms with Gasteiger partial charge in [-0.1, -0.05) is 66.4 Å². The molecular weight excluding hydrogens is 425 g/mol. The van der Waals surface area contributed by atoms with E-state index in [4.69, 9.17) is 0 Å². The van der Waals surface area contributed by atoms with Crippen LogP contribution in [-0.4, -0.2) is 33.2 Å². The molecule has 0 radical (unpaired) electrons. The largest absolute Gasteiger partial charge is 0.341 e. The number of rotatable bonds is 7. The summed E-state index contributed by atoms with van der Waals surface area (Å²) in [6.45, 7) is 0.751. The van der Waals surface area contributed by atoms with E-state index in [0.717, 1.165) is 11.1 Å². The molecule has 0 aliphatic rings. The number of hydrogen-bond acceptors (Lipinski definition) is 4. The van der Waals surface area contributed by atoms with Crippen molar-refractivity contribution in [3.63, 3.8) is 0 Å². The maximum atomic E-state index is 13.3. The van der Waals surface area contributed by atoms with E-state index in [2.05, 4.69) is 4.98 Å². The maximum Gasteiger partial charge on any atom is 0.262 e. The predicted molar refractivity (Wildman–Crippen MR) is 125 cm³/mol. The highest BCUT2D eigenvalue weighted by molar-refractivity contribution is 7.99. The van der Waals surface area contributed by atoms with E-state index in [1.807, 2.05) is 36.4 Å². The Bertz CT molecular complexity index is 1290. The first-order valence-electron chi connectivity index (χ1n) is 10.2. The quantitative estimate of drug-likeness (QED) is 0.313. The van der Waals surface area contributed by atoms with E-state index in [9.17, 15) is 14.0 Å². The molecule has 4 aromatic rings. The number of fused-ring (bicyclic) bond motifs is 1. The number of aromatic nitrogens is 2. The summed E-state index contributed by atoms with van der Waals surface area (Å²) in [6.07, 6.45) is 0. The van der Waals surface area contributed by atoms with Gasteiger partial charge < -0.3 is 4.90 Å². The van der Waals surface area contributed by atoms with Crippen LogP contribution >= 0.6 is 11.8 Å². The molecule has 0 fully saturated rings. The van der Waals surface area contributed by atoms with E-state index < -0.39 is 0 Å². The lowest BCUT2D eigenvalue weighted by molar-refractivity contribution is -0.127. The van der Waals surface area contributed by atoms with Crippen molar-refractivity contribution in [2.24, 2.45) is 0 Å². The lowest BCUT2D eigenvalue weighted by Gasteiger charge is -2.18. The summed E-state index contributed by atoms with van der Waals surface area (Å²) in [5, 5.41) is 0.964. The number of nitrogens with zero attached hydrogens (tertiary/aromatic N) is 3. The van der Waals surface area contributed by atoms with Gasteiger partial charge in [0, 0.05) is 13.6 Å². The number of para-hydroxylation sites is 1. The Balaban J connectivity index is 1.58. The van der Waals surface area contributed by atoms with Crippen LogP contribution in [0.25, 0.3) is 10.9 Å². The molecule has 3 aromatic carbocycles. The third-order valence-electron chi connectivity index (χ3n) is 5.09. The molecule has 5 nitrogen and oxygen atoms in total. The Hall–Kier alpha value is -3.45. The molecule has 0 unspecified atom stereocenters. The first-order valence-corrected chi connectivity index (χ1v) is 11.1. The standard InChI is InChI=1S/C25H22FN3O2S/c1-28(15-18-7-3-2-4-8-18)23(30)17-32-25-27-22-10-6-5-9-21(22)24(31)29(25)16-19-11-13-20(26)14-12-19/h2-14H,15-17H2,1H3. The highest BCUT2D eigenvalue weighted by atomic mass is 32.2. The number of amides is 1. The molecule has 0 atom stereocenters. The SMILES string of the molecule is CN(Cc1ccccc1)C(=O)CSc1nc2ccccc2c(=O)n1Cc1ccc(F)cc1. The summed E-state index contributed by atoms with van der Waals surface area (Å²) in [7, 11) is 1.76. The zero-order valence-corrected chi connectivity index (χ0v) is 18.4. The average Bonchev–Trinajstić information content (AvgIpc) is 2.81. The van der Waals surface area contributed by atoms with Gasteiger partial charge >= 0.3 is 0 Å². The molecule has 1 aromatic heterocycles. The van der Waals surface area contributed by atoms with Gasteiger partial charge in [-0.05, 0) is 35.4 Å². The van der Waals surface area contributed by atoms with Gasteiger partial charge in [-0.2, -0.15) is 0 Å². The monoisotopic (exact) mass is 447 g/mol. The normalized spacial score (nSPS) is 10.9. The zero-order valence-electron chi connectivity index (χ0n) is 17.6. The van der Waals surface area contributed by atoms with Gasteiger partial charge in [0.05, 0.1) is 23.2 Å². The van der Waals surface area contributed by atoms with E-state index in [1.54, 1.807) is 46.8 Å². The molecule has 4 rings (SSSR count). The topological polar surface area (TPSA) is 55.2 Å². The summed E-state index contributed by atoms with van der Waals surface area (Å²) in [6, 6.07) is 22.9. The Kier molecular flexibility index (Phi) is 6.66. The molecular formula is C25H22FN3O2S. The number of hydrogen-bond donors (Lipinski definition) is 0. The molecule has 0 aliphatic carbocycles. The van der Waals surface area contributed by atoms with Crippen LogP contribution in [0, 0.1) is 5.82 Å². The van der Waals surface area contributed by atoms with E-state index in [0.29, 0.717) is 22.6 Å². The highest BCUT2D eigenvalue weighted by Crippen LogP contribution is 2.20. The van der Waals surface area contributed by atoms with Crippen LogP contribution in [0.15, 0.2) is 88.8 Å². The van der Waals surface area contributed by atoms with E-state index in [-0.39, 0.29) is 29.6 Å². The fraction of sp³-hybridized carbons (Fsp3) is 0.160. The van der Waals surface area contributed by atoms with Gasteiger partial charge in [0.25, 0.3) is 5.56 Å². The third-order valence-corrected chi connectivity index (χ3v) is 6.05. The van der Waals surface area contributed by atoms with Crippen molar-refractivity contribution in [1.82, 2.24) is 14.5 Å². The van der Waals surface area contributed by atoms with Gasteiger partial charge in [-0.25, -0.2) is 9.37 Å². The Labute approximate surface area is 189 Å². The van der Waals surface area contributed by atoms with Crippen molar-refractivity contribution in [2.45, 2.75) is 18.2 Å². The molecule has 162 valence electrons. The first-order chi connectivity index (χ1) is 15.5. The molecule has 0 N–H and O–H groups in total.